The molecular weight excluding hydrogens is 304 g/mol. The van der Waals surface area contributed by atoms with Gasteiger partial charge in [-0.3, -0.25) is 0 Å². The Kier molecular flexibility index (Phi) is 4.66. The largest absolute Gasteiger partial charge is 0.398 e. The van der Waals surface area contributed by atoms with Crippen LogP contribution in [0.4, 0.5) is 5.69 Å². The first-order chi connectivity index (χ1) is 8.92. The van der Waals surface area contributed by atoms with E-state index in [0.29, 0.717) is 10.3 Å². The first kappa shape index (κ1) is 15.0. The SMILES string of the molecule is CSC1CCC(NS(=O)(=O)c2cc(Cl)ccc2N)C1. The van der Waals surface area contributed by atoms with Crippen LogP contribution in [0.15, 0.2) is 23.1 Å². The third-order valence-electron chi connectivity index (χ3n) is 3.30. The Morgan fingerprint density at radius 3 is 2.79 bits per heavy atom. The molecule has 1 aromatic rings. The Morgan fingerprint density at radius 1 is 1.42 bits per heavy atom. The smallest absolute Gasteiger partial charge is 0.242 e. The molecule has 1 fully saturated rings. The van der Waals surface area contributed by atoms with Crippen LogP contribution in [0.3, 0.4) is 0 Å². The summed E-state index contributed by atoms with van der Waals surface area (Å²) in [6, 6.07) is 4.46. The van der Waals surface area contributed by atoms with Crippen molar-refractivity contribution >= 4 is 39.1 Å². The van der Waals surface area contributed by atoms with E-state index in [1.807, 2.05) is 0 Å². The molecule has 1 aliphatic rings. The van der Waals surface area contributed by atoms with Crippen molar-refractivity contribution in [2.75, 3.05) is 12.0 Å². The van der Waals surface area contributed by atoms with Gasteiger partial charge in [0.05, 0.1) is 5.69 Å². The second-order valence-electron chi connectivity index (χ2n) is 4.67. The van der Waals surface area contributed by atoms with Crippen LogP contribution in [0.2, 0.25) is 5.02 Å². The summed E-state index contributed by atoms with van der Waals surface area (Å²) in [5.74, 6) is 0. The molecule has 0 amide bonds. The van der Waals surface area contributed by atoms with Gasteiger partial charge in [0.2, 0.25) is 10.0 Å². The topological polar surface area (TPSA) is 72.2 Å². The molecule has 19 heavy (non-hydrogen) atoms. The predicted octanol–water partition coefficient (Wildman–Crippen LogP) is 2.48. The fraction of sp³-hybridized carbons (Fsp3) is 0.500. The first-order valence-corrected chi connectivity index (χ1v) is 9.17. The number of anilines is 1. The molecule has 1 saturated carbocycles. The molecule has 0 radical (unpaired) electrons. The van der Waals surface area contributed by atoms with Crippen molar-refractivity contribution in [3.05, 3.63) is 23.2 Å². The Hall–Kier alpha value is -0.430. The highest BCUT2D eigenvalue weighted by molar-refractivity contribution is 7.99. The molecule has 4 nitrogen and oxygen atoms in total. The third kappa shape index (κ3) is 3.56. The molecule has 7 heteroatoms. The van der Waals surface area contributed by atoms with Crippen LogP contribution in [0.1, 0.15) is 19.3 Å². The van der Waals surface area contributed by atoms with E-state index in [0.717, 1.165) is 19.3 Å². The zero-order chi connectivity index (χ0) is 14.0. The minimum atomic E-state index is -3.60. The Balaban J connectivity index is 2.17. The number of nitrogens with two attached hydrogens (primary N) is 1. The second kappa shape index (κ2) is 5.91. The van der Waals surface area contributed by atoms with Gasteiger partial charge in [-0.1, -0.05) is 11.6 Å². The lowest BCUT2D eigenvalue weighted by Crippen LogP contribution is -2.33. The maximum Gasteiger partial charge on any atom is 0.242 e. The van der Waals surface area contributed by atoms with Crippen molar-refractivity contribution in [2.45, 2.75) is 35.4 Å². The van der Waals surface area contributed by atoms with E-state index in [-0.39, 0.29) is 16.6 Å². The van der Waals surface area contributed by atoms with Crippen LogP contribution < -0.4 is 10.5 Å². The van der Waals surface area contributed by atoms with Crippen LogP contribution >= 0.6 is 23.4 Å². The second-order valence-corrected chi connectivity index (χ2v) is 7.93. The monoisotopic (exact) mass is 320 g/mol. The third-order valence-corrected chi connectivity index (χ3v) is 6.21. The van der Waals surface area contributed by atoms with Crippen LogP contribution in [0.25, 0.3) is 0 Å². The van der Waals surface area contributed by atoms with Gasteiger partial charge in [0, 0.05) is 16.3 Å². The number of benzene rings is 1. The summed E-state index contributed by atoms with van der Waals surface area (Å²) in [7, 11) is -3.60. The predicted molar refractivity (Wildman–Crippen MR) is 81.1 cm³/mol. The first-order valence-electron chi connectivity index (χ1n) is 6.02. The molecule has 2 rings (SSSR count). The zero-order valence-electron chi connectivity index (χ0n) is 10.6. The Morgan fingerprint density at radius 2 is 2.16 bits per heavy atom. The number of nitrogen functional groups attached to an aromatic ring is 1. The van der Waals surface area contributed by atoms with E-state index in [1.54, 1.807) is 17.8 Å². The molecular formula is C12H17ClN2O2S2. The maximum atomic E-state index is 12.3. The van der Waals surface area contributed by atoms with Gasteiger partial charge >= 0.3 is 0 Å². The summed E-state index contributed by atoms with van der Waals surface area (Å²) in [4.78, 5) is 0.0626. The van der Waals surface area contributed by atoms with Gasteiger partial charge in [-0.25, -0.2) is 13.1 Å². The number of rotatable bonds is 4. The molecule has 0 heterocycles. The van der Waals surface area contributed by atoms with Crippen molar-refractivity contribution in [3.63, 3.8) is 0 Å². The number of hydrogen-bond acceptors (Lipinski definition) is 4. The highest BCUT2D eigenvalue weighted by Crippen LogP contribution is 2.30. The molecule has 1 aromatic carbocycles. The summed E-state index contributed by atoms with van der Waals surface area (Å²) < 4.78 is 27.3. The van der Waals surface area contributed by atoms with Gasteiger partial charge in [-0.15, -0.1) is 0 Å². The van der Waals surface area contributed by atoms with Crippen LogP contribution in [-0.4, -0.2) is 26.0 Å². The van der Waals surface area contributed by atoms with Gasteiger partial charge < -0.3 is 5.73 Å². The summed E-state index contributed by atoms with van der Waals surface area (Å²) in [5, 5.41) is 0.896. The standard InChI is InChI=1S/C12H17ClN2O2S2/c1-18-10-4-3-9(7-10)15-19(16,17)12-6-8(13)2-5-11(12)14/h2,5-6,9-10,15H,3-4,7,14H2,1H3. The van der Waals surface area contributed by atoms with Crippen molar-refractivity contribution in [1.29, 1.82) is 0 Å². The van der Waals surface area contributed by atoms with E-state index in [1.165, 1.54) is 12.1 Å². The van der Waals surface area contributed by atoms with Crippen molar-refractivity contribution < 1.29 is 8.42 Å². The maximum absolute atomic E-state index is 12.3. The summed E-state index contributed by atoms with van der Waals surface area (Å²) in [6.07, 6.45) is 4.82. The molecule has 0 spiro atoms. The zero-order valence-corrected chi connectivity index (χ0v) is 13.0. The molecule has 0 aromatic heterocycles. The van der Waals surface area contributed by atoms with Crippen molar-refractivity contribution in [1.82, 2.24) is 4.72 Å². The molecule has 3 N–H and O–H groups in total. The van der Waals surface area contributed by atoms with E-state index < -0.39 is 10.0 Å². The normalized spacial score (nSPS) is 23.7. The molecule has 0 aliphatic heterocycles. The lowest BCUT2D eigenvalue weighted by molar-refractivity contribution is 0.553. The number of nitrogens with one attached hydrogen (secondary N) is 1. The lowest BCUT2D eigenvalue weighted by atomic mass is 10.3. The molecule has 0 saturated heterocycles. The molecule has 0 bridgehead atoms. The van der Waals surface area contributed by atoms with Gasteiger partial charge in [0.25, 0.3) is 0 Å². The molecule has 1 aliphatic carbocycles. The molecule has 2 atom stereocenters. The van der Waals surface area contributed by atoms with E-state index in [9.17, 15) is 8.42 Å². The van der Waals surface area contributed by atoms with E-state index >= 15 is 0 Å². The fourth-order valence-corrected chi connectivity index (χ4v) is 4.76. The fourth-order valence-electron chi connectivity index (χ4n) is 2.29. The Bertz CT molecular complexity index is 563. The number of hydrogen-bond donors (Lipinski definition) is 2. The van der Waals surface area contributed by atoms with E-state index in [2.05, 4.69) is 11.0 Å². The highest BCUT2D eigenvalue weighted by Gasteiger charge is 2.29. The lowest BCUT2D eigenvalue weighted by Gasteiger charge is -2.14. The highest BCUT2D eigenvalue weighted by atomic mass is 35.5. The van der Waals surface area contributed by atoms with Crippen molar-refractivity contribution in [2.24, 2.45) is 0 Å². The summed E-state index contributed by atoms with van der Waals surface area (Å²) in [5.41, 5.74) is 5.94. The minimum absolute atomic E-state index is 0.0131. The molecule has 2 unspecified atom stereocenters. The van der Waals surface area contributed by atoms with Crippen LogP contribution in [0, 0.1) is 0 Å². The van der Waals surface area contributed by atoms with Gasteiger partial charge in [0.1, 0.15) is 4.90 Å². The van der Waals surface area contributed by atoms with Gasteiger partial charge in [0.15, 0.2) is 0 Å². The average molecular weight is 321 g/mol. The van der Waals surface area contributed by atoms with E-state index in [4.69, 9.17) is 17.3 Å². The van der Waals surface area contributed by atoms with Gasteiger partial charge in [-0.2, -0.15) is 11.8 Å². The minimum Gasteiger partial charge on any atom is -0.398 e. The number of thioether (sulfide) groups is 1. The number of sulfonamides is 1. The van der Waals surface area contributed by atoms with Gasteiger partial charge in [-0.05, 0) is 43.7 Å². The number of halogens is 1. The van der Waals surface area contributed by atoms with Crippen LogP contribution in [-0.2, 0) is 10.0 Å². The average Bonchev–Trinajstić information content (AvgIpc) is 2.79. The summed E-state index contributed by atoms with van der Waals surface area (Å²) in [6.45, 7) is 0. The quantitative estimate of drug-likeness (QED) is 0.836. The van der Waals surface area contributed by atoms with Crippen molar-refractivity contribution in [3.8, 4) is 0 Å². The van der Waals surface area contributed by atoms with Crippen LogP contribution in [0.5, 0.6) is 0 Å². The Labute approximate surface area is 123 Å². The molecule has 106 valence electrons. The summed E-state index contributed by atoms with van der Waals surface area (Å²) >= 11 is 7.62.